The van der Waals surface area contributed by atoms with E-state index in [4.69, 9.17) is 4.74 Å². The van der Waals surface area contributed by atoms with Crippen LogP contribution in [0.25, 0.3) is 0 Å². The first-order chi connectivity index (χ1) is 11.8. The third-order valence-electron chi connectivity index (χ3n) is 5.62. The molecule has 0 bridgehead atoms. The van der Waals surface area contributed by atoms with Gasteiger partial charge < -0.3 is 14.3 Å². The highest BCUT2D eigenvalue weighted by molar-refractivity contribution is 5.13. The average molecular weight is 349 g/mol. The van der Waals surface area contributed by atoms with Gasteiger partial charge in [0.25, 0.3) is 0 Å². The van der Waals surface area contributed by atoms with Crippen molar-refractivity contribution in [1.82, 2.24) is 0 Å². The highest BCUT2D eigenvalue weighted by Crippen LogP contribution is 2.35. The van der Waals surface area contributed by atoms with E-state index in [1.165, 1.54) is 18.4 Å². The van der Waals surface area contributed by atoms with Crippen LogP contribution in [-0.4, -0.2) is 49.0 Å². The fourth-order valence-electron chi connectivity index (χ4n) is 4.31. The summed E-state index contributed by atoms with van der Waals surface area (Å²) in [5.74, 6) is 2.03. The Morgan fingerprint density at radius 3 is 2.48 bits per heavy atom. The van der Waals surface area contributed by atoms with E-state index in [9.17, 15) is 5.11 Å². The molecule has 2 rings (SSSR count). The normalized spacial score (nSPS) is 26.0. The van der Waals surface area contributed by atoms with Gasteiger partial charge in [-0.05, 0) is 30.6 Å². The van der Waals surface area contributed by atoms with E-state index in [0.717, 1.165) is 23.4 Å². The van der Waals surface area contributed by atoms with Crippen molar-refractivity contribution in [2.24, 2.45) is 17.8 Å². The molecule has 0 amide bonds. The Morgan fingerprint density at radius 1 is 1.16 bits per heavy atom. The molecule has 4 atom stereocenters. The van der Waals surface area contributed by atoms with Gasteiger partial charge in [-0.1, -0.05) is 57.5 Å². The molecule has 0 aromatic heterocycles. The van der Waals surface area contributed by atoms with Crippen molar-refractivity contribution >= 4 is 0 Å². The summed E-state index contributed by atoms with van der Waals surface area (Å²) in [6.45, 7) is 9.01. The van der Waals surface area contributed by atoms with Gasteiger partial charge in [0.15, 0.2) is 0 Å². The zero-order chi connectivity index (χ0) is 18.4. The molecule has 0 radical (unpaired) electrons. The predicted octanol–water partition coefficient (Wildman–Crippen LogP) is 4.10. The van der Waals surface area contributed by atoms with Crippen LogP contribution in [0.2, 0.25) is 0 Å². The van der Waals surface area contributed by atoms with Crippen molar-refractivity contribution in [1.29, 1.82) is 0 Å². The SMILES string of the molecule is CC(C)[C@H]1CC[C@H](C)C[C@H]1OC[C@H](O)C[N+](C)(C)Cc1ccccc1. The maximum Gasteiger partial charge on any atom is 0.126 e. The molecule has 3 heteroatoms. The molecule has 0 unspecified atom stereocenters. The molecule has 1 N–H and O–H groups in total. The van der Waals surface area contributed by atoms with E-state index in [0.29, 0.717) is 31.1 Å². The van der Waals surface area contributed by atoms with Gasteiger partial charge in [-0.15, -0.1) is 0 Å². The summed E-state index contributed by atoms with van der Waals surface area (Å²) >= 11 is 0. The third-order valence-corrected chi connectivity index (χ3v) is 5.62. The zero-order valence-electron chi connectivity index (χ0n) is 16.8. The van der Waals surface area contributed by atoms with Crippen molar-refractivity contribution in [3.05, 3.63) is 35.9 Å². The van der Waals surface area contributed by atoms with Crippen LogP contribution in [0.15, 0.2) is 30.3 Å². The summed E-state index contributed by atoms with van der Waals surface area (Å²) in [7, 11) is 4.35. The number of ether oxygens (including phenoxy) is 1. The number of quaternary nitrogens is 1. The lowest BCUT2D eigenvalue weighted by atomic mass is 9.75. The first-order valence-corrected chi connectivity index (χ1v) is 9.92. The molecule has 0 spiro atoms. The molecule has 1 fully saturated rings. The summed E-state index contributed by atoms with van der Waals surface area (Å²) in [5, 5.41) is 10.5. The van der Waals surface area contributed by atoms with E-state index >= 15 is 0 Å². The van der Waals surface area contributed by atoms with Crippen molar-refractivity contribution in [3.8, 4) is 0 Å². The van der Waals surface area contributed by atoms with Gasteiger partial charge in [-0.25, -0.2) is 0 Å². The Bertz CT molecular complexity index is 500. The minimum absolute atomic E-state index is 0.308. The Hall–Kier alpha value is -0.900. The standard InChI is InChI=1S/C22H38NO2/c1-17(2)21-12-11-18(3)13-22(21)25-16-20(24)15-23(4,5)14-19-9-7-6-8-10-19/h6-10,17-18,20-22,24H,11-16H2,1-5H3/q+1/t18-,20+,21+,22+/m0/s1. The second-order valence-electron chi connectivity index (χ2n) is 9.11. The van der Waals surface area contributed by atoms with E-state index in [1.54, 1.807) is 0 Å². The molecule has 1 aliphatic carbocycles. The molecule has 0 saturated heterocycles. The first-order valence-electron chi connectivity index (χ1n) is 9.92. The molecular formula is C22H38NO2+. The van der Waals surface area contributed by atoms with Gasteiger partial charge in [0.1, 0.15) is 19.2 Å². The van der Waals surface area contributed by atoms with Crippen LogP contribution in [0.5, 0.6) is 0 Å². The first kappa shape index (κ1) is 20.4. The molecule has 1 saturated carbocycles. The monoisotopic (exact) mass is 348 g/mol. The number of hydrogen-bond donors (Lipinski definition) is 1. The van der Waals surface area contributed by atoms with Crippen LogP contribution in [0.4, 0.5) is 0 Å². The average Bonchev–Trinajstić information content (AvgIpc) is 2.52. The molecule has 0 heterocycles. The second kappa shape index (κ2) is 9.16. The minimum Gasteiger partial charge on any atom is -0.385 e. The molecule has 142 valence electrons. The van der Waals surface area contributed by atoms with E-state index in [2.05, 4.69) is 59.1 Å². The molecule has 25 heavy (non-hydrogen) atoms. The van der Waals surface area contributed by atoms with Gasteiger partial charge in [0.05, 0.1) is 26.8 Å². The van der Waals surface area contributed by atoms with E-state index in [1.807, 2.05) is 6.07 Å². The highest BCUT2D eigenvalue weighted by atomic mass is 16.5. The Labute approximate surface area is 154 Å². The van der Waals surface area contributed by atoms with Crippen LogP contribution in [0.1, 0.15) is 45.6 Å². The smallest absolute Gasteiger partial charge is 0.126 e. The molecule has 0 aliphatic heterocycles. The summed E-state index contributed by atoms with van der Waals surface area (Å²) in [5.41, 5.74) is 1.31. The van der Waals surface area contributed by atoms with Crippen LogP contribution in [-0.2, 0) is 11.3 Å². The van der Waals surface area contributed by atoms with Gasteiger partial charge in [0.2, 0.25) is 0 Å². The molecule has 1 aliphatic rings. The van der Waals surface area contributed by atoms with Crippen LogP contribution in [0, 0.1) is 17.8 Å². The van der Waals surface area contributed by atoms with Gasteiger partial charge in [-0.2, -0.15) is 0 Å². The third kappa shape index (κ3) is 6.73. The lowest BCUT2D eigenvalue weighted by Gasteiger charge is -2.38. The molecule has 1 aromatic carbocycles. The van der Waals surface area contributed by atoms with Gasteiger partial charge >= 0.3 is 0 Å². The molecule has 3 nitrogen and oxygen atoms in total. The van der Waals surface area contributed by atoms with Crippen molar-refractivity contribution in [2.75, 3.05) is 27.2 Å². The van der Waals surface area contributed by atoms with Crippen molar-refractivity contribution in [2.45, 2.75) is 58.8 Å². The Balaban J connectivity index is 1.83. The van der Waals surface area contributed by atoms with Crippen molar-refractivity contribution in [3.63, 3.8) is 0 Å². The number of aliphatic hydroxyl groups is 1. The Kier molecular flexibility index (Phi) is 7.48. The number of rotatable bonds is 8. The minimum atomic E-state index is -0.413. The second-order valence-corrected chi connectivity index (χ2v) is 9.11. The zero-order valence-corrected chi connectivity index (χ0v) is 16.8. The van der Waals surface area contributed by atoms with Crippen LogP contribution in [0.3, 0.4) is 0 Å². The highest BCUT2D eigenvalue weighted by Gasteiger charge is 2.32. The van der Waals surface area contributed by atoms with Crippen molar-refractivity contribution < 1.29 is 14.3 Å². The molecule has 1 aromatic rings. The number of aliphatic hydroxyl groups excluding tert-OH is 1. The summed E-state index contributed by atoms with van der Waals surface area (Å²) < 4.78 is 6.99. The van der Waals surface area contributed by atoms with E-state index in [-0.39, 0.29) is 0 Å². The topological polar surface area (TPSA) is 29.5 Å². The predicted molar refractivity (Wildman–Crippen MR) is 104 cm³/mol. The molecular weight excluding hydrogens is 310 g/mol. The number of hydrogen-bond acceptors (Lipinski definition) is 2. The summed E-state index contributed by atoms with van der Waals surface area (Å²) in [4.78, 5) is 0. The largest absolute Gasteiger partial charge is 0.385 e. The quantitative estimate of drug-likeness (QED) is 0.717. The maximum absolute atomic E-state index is 10.5. The fraction of sp³-hybridized carbons (Fsp3) is 0.727. The lowest BCUT2D eigenvalue weighted by Crippen LogP contribution is -2.46. The summed E-state index contributed by atoms with van der Waals surface area (Å²) in [6.07, 6.45) is 3.60. The Morgan fingerprint density at radius 2 is 1.84 bits per heavy atom. The number of benzene rings is 1. The maximum atomic E-state index is 10.5. The van der Waals surface area contributed by atoms with E-state index < -0.39 is 6.10 Å². The summed E-state index contributed by atoms with van der Waals surface area (Å²) in [6, 6.07) is 10.5. The lowest BCUT2D eigenvalue weighted by molar-refractivity contribution is -0.906. The van der Waals surface area contributed by atoms with Gasteiger partial charge in [0, 0.05) is 5.56 Å². The fourth-order valence-corrected chi connectivity index (χ4v) is 4.31. The number of likely N-dealkylation sites (N-methyl/N-ethyl adjacent to an activating group) is 1. The van der Waals surface area contributed by atoms with Gasteiger partial charge in [-0.3, -0.25) is 0 Å². The van der Waals surface area contributed by atoms with Crippen LogP contribution >= 0.6 is 0 Å². The van der Waals surface area contributed by atoms with Crippen LogP contribution < -0.4 is 0 Å². The number of nitrogens with zero attached hydrogens (tertiary/aromatic N) is 1.